The van der Waals surface area contributed by atoms with E-state index >= 15 is 0 Å². The molecule has 1 aliphatic carbocycles. The van der Waals surface area contributed by atoms with Crippen LogP contribution in [-0.2, 0) is 4.79 Å². The molecule has 0 radical (unpaired) electrons. The van der Waals surface area contributed by atoms with Gasteiger partial charge in [-0.1, -0.05) is 45.3 Å². The highest BCUT2D eigenvalue weighted by Gasteiger charge is 2.30. The highest BCUT2D eigenvalue weighted by atomic mass is 16.3. The molecule has 3 nitrogen and oxygen atoms in total. The van der Waals surface area contributed by atoms with E-state index < -0.39 is 11.7 Å². The molecule has 1 aliphatic rings. The molecule has 1 unspecified atom stereocenters. The van der Waals surface area contributed by atoms with Crippen LogP contribution in [0, 0.1) is 5.92 Å². The summed E-state index contributed by atoms with van der Waals surface area (Å²) in [6, 6.07) is 0. The Morgan fingerprint density at radius 3 is 2.61 bits per heavy atom. The molecule has 0 spiro atoms. The molecule has 2 N–H and O–H groups in total. The molecule has 1 saturated carbocycles. The molecule has 0 aliphatic heterocycles. The second-order valence-corrected chi connectivity index (χ2v) is 5.44. The minimum atomic E-state index is -0.789. The standard InChI is InChI=1S/C15H26O3/c1-3-5-6-8-15(18,4-2)9-7-12-10-13(16)11-14(12)17/h7,9,12-13,16,18H,3-6,8,10-11H2,1-2H3/b9-7+/t12-,13?,15+/m1/s1. The summed E-state index contributed by atoms with van der Waals surface area (Å²) >= 11 is 0. The fourth-order valence-corrected chi connectivity index (χ4v) is 2.43. The topological polar surface area (TPSA) is 57.5 Å². The average molecular weight is 254 g/mol. The van der Waals surface area contributed by atoms with Crippen molar-refractivity contribution >= 4 is 5.78 Å². The van der Waals surface area contributed by atoms with Crippen molar-refractivity contribution in [2.24, 2.45) is 5.92 Å². The van der Waals surface area contributed by atoms with Crippen LogP contribution in [0.25, 0.3) is 0 Å². The number of hydrogen-bond acceptors (Lipinski definition) is 3. The fourth-order valence-electron chi connectivity index (χ4n) is 2.43. The van der Waals surface area contributed by atoms with Gasteiger partial charge in [-0.15, -0.1) is 0 Å². The summed E-state index contributed by atoms with van der Waals surface area (Å²) in [4.78, 5) is 11.6. The lowest BCUT2D eigenvalue weighted by molar-refractivity contribution is -0.119. The maximum atomic E-state index is 11.6. The summed E-state index contributed by atoms with van der Waals surface area (Å²) in [5.41, 5.74) is -0.789. The van der Waals surface area contributed by atoms with Crippen molar-refractivity contribution in [3.8, 4) is 0 Å². The number of rotatable bonds is 7. The first-order chi connectivity index (χ1) is 8.50. The first kappa shape index (κ1) is 15.4. The molecule has 1 fully saturated rings. The van der Waals surface area contributed by atoms with Gasteiger partial charge in [-0.25, -0.2) is 0 Å². The molecule has 18 heavy (non-hydrogen) atoms. The van der Waals surface area contributed by atoms with E-state index in [2.05, 4.69) is 6.92 Å². The number of carbonyl (C=O) groups excluding carboxylic acids is 1. The lowest BCUT2D eigenvalue weighted by Gasteiger charge is -2.23. The van der Waals surface area contributed by atoms with Gasteiger partial charge in [-0.2, -0.15) is 0 Å². The lowest BCUT2D eigenvalue weighted by Crippen LogP contribution is -2.25. The van der Waals surface area contributed by atoms with Crippen molar-refractivity contribution < 1.29 is 15.0 Å². The van der Waals surface area contributed by atoms with Gasteiger partial charge in [0.25, 0.3) is 0 Å². The maximum Gasteiger partial charge on any atom is 0.142 e. The van der Waals surface area contributed by atoms with Crippen molar-refractivity contribution in [1.82, 2.24) is 0 Å². The summed E-state index contributed by atoms with van der Waals surface area (Å²) in [5.74, 6) is -0.116. The molecule has 3 atom stereocenters. The monoisotopic (exact) mass is 254 g/mol. The van der Waals surface area contributed by atoms with Gasteiger partial charge < -0.3 is 10.2 Å². The second kappa shape index (κ2) is 7.05. The van der Waals surface area contributed by atoms with Crippen LogP contribution in [0.5, 0.6) is 0 Å². The van der Waals surface area contributed by atoms with Crippen molar-refractivity contribution in [1.29, 1.82) is 0 Å². The summed E-state index contributed by atoms with van der Waals surface area (Å²) in [5, 5.41) is 19.8. The molecule has 0 aromatic rings. The third kappa shape index (κ3) is 4.54. The zero-order valence-corrected chi connectivity index (χ0v) is 11.6. The van der Waals surface area contributed by atoms with Gasteiger partial charge in [0.05, 0.1) is 11.7 Å². The van der Waals surface area contributed by atoms with Gasteiger partial charge in [0.1, 0.15) is 5.78 Å². The van der Waals surface area contributed by atoms with Gasteiger partial charge in [0, 0.05) is 12.3 Å². The first-order valence-corrected chi connectivity index (χ1v) is 7.13. The third-order valence-corrected chi connectivity index (χ3v) is 3.84. The van der Waals surface area contributed by atoms with E-state index in [-0.39, 0.29) is 18.1 Å². The van der Waals surface area contributed by atoms with Crippen molar-refractivity contribution in [3.63, 3.8) is 0 Å². The largest absolute Gasteiger partial charge is 0.393 e. The van der Waals surface area contributed by atoms with Crippen LogP contribution >= 0.6 is 0 Å². The Bertz CT molecular complexity index is 298. The second-order valence-electron chi connectivity index (χ2n) is 5.44. The van der Waals surface area contributed by atoms with Crippen molar-refractivity contribution in [2.75, 3.05) is 0 Å². The van der Waals surface area contributed by atoms with Crippen LogP contribution in [0.15, 0.2) is 12.2 Å². The van der Waals surface area contributed by atoms with E-state index in [1.807, 2.05) is 6.92 Å². The predicted octanol–water partition coefficient (Wildman–Crippen LogP) is 2.60. The van der Waals surface area contributed by atoms with Crippen LogP contribution in [-0.4, -0.2) is 27.7 Å². The number of allylic oxidation sites excluding steroid dienone is 1. The normalized spacial score (nSPS) is 27.9. The molecule has 0 bridgehead atoms. The molecular formula is C15H26O3. The van der Waals surface area contributed by atoms with Gasteiger partial charge >= 0.3 is 0 Å². The predicted molar refractivity (Wildman–Crippen MR) is 72.3 cm³/mol. The molecule has 0 heterocycles. The molecular weight excluding hydrogens is 228 g/mol. The minimum absolute atomic E-state index is 0.0887. The maximum absolute atomic E-state index is 11.6. The summed E-state index contributed by atoms with van der Waals surface area (Å²) in [6.45, 7) is 4.10. The zero-order valence-electron chi connectivity index (χ0n) is 11.6. The molecule has 0 amide bonds. The zero-order chi connectivity index (χ0) is 13.6. The van der Waals surface area contributed by atoms with E-state index in [0.717, 1.165) is 25.7 Å². The fraction of sp³-hybridized carbons (Fsp3) is 0.800. The van der Waals surface area contributed by atoms with Crippen LogP contribution in [0.1, 0.15) is 58.8 Å². The van der Waals surface area contributed by atoms with Crippen LogP contribution in [0.4, 0.5) is 0 Å². The Morgan fingerprint density at radius 1 is 1.39 bits per heavy atom. The Morgan fingerprint density at radius 2 is 2.11 bits per heavy atom. The molecule has 104 valence electrons. The first-order valence-electron chi connectivity index (χ1n) is 7.13. The molecule has 3 heteroatoms. The third-order valence-electron chi connectivity index (χ3n) is 3.84. The smallest absolute Gasteiger partial charge is 0.142 e. The van der Waals surface area contributed by atoms with Gasteiger partial charge in [-0.05, 0) is 19.3 Å². The number of aliphatic hydroxyl groups excluding tert-OH is 1. The SMILES string of the molecule is CCCCC[C@](O)(/C=C/[C@@H]1CC(O)CC1=O)CC. The quantitative estimate of drug-likeness (QED) is 0.542. The van der Waals surface area contributed by atoms with Crippen molar-refractivity contribution in [3.05, 3.63) is 12.2 Å². The Balaban J connectivity index is 2.53. The highest BCUT2D eigenvalue weighted by molar-refractivity contribution is 5.85. The van der Waals surface area contributed by atoms with Gasteiger partial charge in [0.2, 0.25) is 0 Å². The number of unbranched alkanes of at least 4 members (excludes halogenated alkanes) is 2. The van der Waals surface area contributed by atoms with E-state index in [4.69, 9.17) is 0 Å². The van der Waals surface area contributed by atoms with Gasteiger partial charge in [-0.3, -0.25) is 4.79 Å². The van der Waals surface area contributed by atoms with E-state index in [1.165, 1.54) is 0 Å². The average Bonchev–Trinajstić information content (AvgIpc) is 2.66. The van der Waals surface area contributed by atoms with E-state index in [0.29, 0.717) is 12.8 Å². The Kier molecular flexibility index (Phi) is 6.03. The number of ketones is 1. The summed E-state index contributed by atoms with van der Waals surface area (Å²) in [6.07, 6.45) is 8.52. The van der Waals surface area contributed by atoms with Crippen LogP contribution < -0.4 is 0 Å². The van der Waals surface area contributed by atoms with E-state index in [1.54, 1.807) is 12.2 Å². The van der Waals surface area contributed by atoms with Crippen LogP contribution in [0.2, 0.25) is 0 Å². The summed E-state index contributed by atoms with van der Waals surface area (Å²) < 4.78 is 0. The summed E-state index contributed by atoms with van der Waals surface area (Å²) in [7, 11) is 0. The molecule has 0 aromatic carbocycles. The van der Waals surface area contributed by atoms with Crippen LogP contribution in [0.3, 0.4) is 0 Å². The Labute approximate surface area is 110 Å². The number of hydrogen-bond donors (Lipinski definition) is 2. The Hall–Kier alpha value is -0.670. The lowest BCUT2D eigenvalue weighted by atomic mass is 9.91. The van der Waals surface area contributed by atoms with E-state index in [9.17, 15) is 15.0 Å². The molecule has 1 rings (SSSR count). The van der Waals surface area contributed by atoms with Gasteiger partial charge in [0.15, 0.2) is 0 Å². The number of carbonyl (C=O) groups is 1. The number of Topliss-reactive ketones (excluding diaryl/α,β-unsaturated/α-hetero) is 1. The molecule has 0 aromatic heterocycles. The highest BCUT2D eigenvalue weighted by Crippen LogP contribution is 2.26. The van der Waals surface area contributed by atoms with Crippen molar-refractivity contribution in [2.45, 2.75) is 70.5 Å². The minimum Gasteiger partial charge on any atom is -0.393 e. The number of aliphatic hydroxyl groups is 2. The molecule has 0 saturated heterocycles.